The maximum Gasteiger partial charge on any atom is 0.287 e. The molecular formula is C17H15Cl2N5O3. The first-order chi connectivity index (χ1) is 12.9. The lowest BCUT2D eigenvalue weighted by Gasteiger charge is -2.07. The highest BCUT2D eigenvalue weighted by Gasteiger charge is 2.17. The quantitative estimate of drug-likeness (QED) is 0.578. The average Bonchev–Trinajstić information content (AvgIpc) is 3.27. The van der Waals surface area contributed by atoms with Gasteiger partial charge in [-0.05, 0) is 36.4 Å². The predicted molar refractivity (Wildman–Crippen MR) is 101 cm³/mol. The van der Waals surface area contributed by atoms with Crippen LogP contribution in [-0.2, 0) is 7.05 Å². The minimum atomic E-state index is -0.561. The third-order valence-corrected chi connectivity index (χ3v) is 4.69. The number of benzene rings is 1. The summed E-state index contributed by atoms with van der Waals surface area (Å²) in [6.07, 6.45) is 0. The van der Waals surface area contributed by atoms with Crippen LogP contribution in [0.5, 0.6) is 5.75 Å². The summed E-state index contributed by atoms with van der Waals surface area (Å²) in [5.74, 6) is -0.396. The number of H-pyrrole nitrogens is 1. The van der Waals surface area contributed by atoms with Crippen molar-refractivity contribution in [3.05, 3.63) is 58.0 Å². The number of methoxy groups -OCH3 is 1. The van der Waals surface area contributed by atoms with E-state index in [0.29, 0.717) is 5.69 Å². The highest BCUT2D eigenvalue weighted by atomic mass is 35.5. The Balaban J connectivity index is 1.65. The van der Waals surface area contributed by atoms with Crippen molar-refractivity contribution in [2.24, 2.45) is 7.05 Å². The molecule has 0 unspecified atom stereocenters. The van der Waals surface area contributed by atoms with Crippen LogP contribution in [0.15, 0.2) is 36.4 Å². The van der Waals surface area contributed by atoms with E-state index >= 15 is 0 Å². The number of halogens is 2. The first-order valence-corrected chi connectivity index (χ1v) is 8.47. The average molecular weight is 408 g/mol. The van der Waals surface area contributed by atoms with Gasteiger partial charge in [-0.15, -0.1) is 0 Å². The van der Waals surface area contributed by atoms with Gasteiger partial charge in [0.2, 0.25) is 0 Å². The SMILES string of the molecule is COc1ccc(-c2cc(C(=O)NNC(=O)c3cc(Cl)c(Cl)n3C)[nH]n2)cc1. The molecule has 0 aliphatic heterocycles. The topological polar surface area (TPSA) is 101 Å². The van der Waals surface area contributed by atoms with Crippen LogP contribution < -0.4 is 15.6 Å². The van der Waals surface area contributed by atoms with Crippen molar-refractivity contribution in [3.8, 4) is 17.0 Å². The molecule has 0 atom stereocenters. The third kappa shape index (κ3) is 3.91. The fraction of sp³-hybridized carbons (Fsp3) is 0.118. The van der Waals surface area contributed by atoms with Gasteiger partial charge in [-0.25, -0.2) is 0 Å². The fourth-order valence-electron chi connectivity index (χ4n) is 2.35. The number of hydrogen-bond acceptors (Lipinski definition) is 4. The molecule has 3 N–H and O–H groups in total. The zero-order valence-electron chi connectivity index (χ0n) is 14.3. The van der Waals surface area contributed by atoms with Gasteiger partial charge in [0.15, 0.2) is 0 Å². The maximum absolute atomic E-state index is 12.2. The van der Waals surface area contributed by atoms with Crippen molar-refractivity contribution in [1.29, 1.82) is 0 Å². The summed E-state index contributed by atoms with van der Waals surface area (Å²) in [5.41, 5.74) is 6.38. The second-order valence-corrected chi connectivity index (χ2v) is 6.30. The van der Waals surface area contributed by atoms with Gasteiger partial charge >= 0.3 is 0 Å². The molecule has 27 heavy (non-hydrogen) atoms. The summed E-state index contributed by atoms with van der Waals surface area (Å²) in [5, 5.41) is 7.20. The number of ether oxygens (including phenoxy) is 1. The number of amides is 2. The molecular weight excluding hydrogens is 393 g/mol. The number of carbonyl (C=O) groups excluding carboxylic acids is 2. The van der Waals surface area contributed by atoms with Gasteiger partial charge in [-0.3, -0.25) is 25.5 Å². The smallest absolute Gasteiger partial charge is 0.287 e. The second kappa shape index (κ2) is 7.73. The van der Waals surface area contributed by atoms with Crippen LogP contribution >= 0.6 is 23.2 Å². The number of hydrogen-bond donors (Lipinski definition) is 3. The molecule has 0 spiro atoms. The number of carbonyl (C=O) groups is 2. The van der Waals surface area contributed by atoms with Gasteiger partial charge < -0.3 is 9.30 Å². The Morgan fingerprint density at radius 2 is 1.78 bits per heavy atom. The van der Waals surface area contributed by atoms with E-state index in [0.717, 1.165) is 11.3 Å². The molecule has 0 saturated carbocycles. The van der Waals surface area contributed by atoms with Crippen LogP contribution in [0.2, 0.25) is 10.2 Å². The minimum Gasteiger partial charge on any atom is -0.497 e. The van der Waals surface area contributed by atoms with Gasteiger partial charge in [-0.2, -0.15) is 5.10 Å². The lowest BCUT2D eigenvalue weighted by Crippen LogP contribution is -2.42. The van der Waals surface area contributed by atoms with Crippen LogP contribution in [0.25, 0.3) is 11.3 Å². The Kier molecular flexibility index (Phi) is 5.38. The lowest BCUT2D eigenvalue weighted by atomic mass is 10.1. The van der Waals surface area contributed by atoms with E-state index in [1.54, 1.807) is 32.4 Å². The molecule has 8 nitrogen and oxygen atoms in total. The highest BCUT2D eigenvalue weighted by Crippen LogP contribution is 2.25. The van der Waals surface area contributed by atoms with Crippen molar-refractivity contribution in [1.82, 2.24) is 25.6 Å². The van der Waals surface area contributed by atoms with Crippen molar-refractivity contribution in [2.45, 2.75) is 0 Å². The van der Waals surface area contributed by atoms with Gasteiger partial charge in [0.1, 0.15) is 22.3 Å². The van der Waals surface area contributed by atoms with E-state index in [2.05, 4.69) is 21.0 Å². The molecule has 2 heterocycles. The third-order valence-electron chi connectivity index (χ3n) is 3.85. The Morgan fingerprint density at radius 3 is 2.37 bits per heavy atom. The van der Waals surface area contributed by atoms with Crippen molar-refractivity contribution < 1.29 is 14.3 Å². The standard InChI is InChI=1S/C17H15Cl2N5O3/c1-24-14(7-11(18)15(24)19)17(26)23-22-16(25)13-8-12(20-21-13)9-3-5-10(27-2)6-4-9/h3-8H,1-2H3,(H,20,21)(H,22,25)(H,23,26). The normalized spacial score (nSPS) is 10.5. The number of nitrogens with one attached hydrogen (secondary N) is 3. The molecule has 2 amide bonds. The van der Waals surface area contributed by atoms with Crippen LogP contribution in [0, 0.1) is 0 Å². The predicted octanol–water partition coefficient (Wildman–Crippen LogP) is 2.81. The van der Waals surface area contributed by atoms with E-state index < -0.39 is 11.8 Å². The molecule has 0 bridgehead atoms. The van der Waals surface area contributed by atoms with Crippen LogP contribution in [-0.4, -0.2) is 33.7 Å². The number of rotatable bonds is 4. The maximum atomic E-state index is 12.2. The Bertz CT molecular complexity index is 995. The molecule has 10 heteroatoms. The first-order valence-electron chi connectivity index (χ1n) is 7.72. The van der Waals surface area contributed by atoms with Gasteiger partial charge in [-0.1, -0.05) is 23.2 Å². The Labute approximate surface area is 164 Å². The highest BCUT2D eigenvalue weighted by molar-refractivity contribution is 6.41. The molecule has 140 valence electrons. The van der Waals surface area contributed by atoms with Crippen LogP contribution in [0.1, 0.15) is 21.0 Å². The molecule has 0 radical (unpaired) electrons. The molecule has 0 aliphatic carbocycles. The van der Waals surface area contributed by atoms with Gasteiger partial charge in [0, 0.05) is 12.6 Å². The zero-order valence-corrected chi connectivity index (χ0v) is 15.9. The Morgan fingerprint density at radius 1 is 1.11 bits per heavy atom. The van der Waals surface area contributed by atoms with Crippen molar-refractivity contribution in [2.75, 3.05) is 7.11 Å². The van der Waals surface area contributed by atoms with E-state index in [9.17, 15) is 9.59 Å². The minimum absolute atomic E-state index is 0.184. The fourth-order valence-corrected chi connectivity index (χ4v) is 2.73. The molecule has 3 aromatic rings. The molecule has 0 aliphatic rings. The van der Waals surface area contributed by atoms with Crippen LogP contribution in [0.4, 0.5) is 0 Å². The Hall–Kier alpha value is -2.97. The van der Waals surface area contributed by atoms with E-state index in [4.69, 9.17) is 27.9 Å². The largest absolute Gasteiger partial charge is 0.497 e. The number of aromatic amines is 1. The van der Waals surface area contributed by atoms with Crippen molar-refractivity contribution in [3.63, 3.8) is 0 Å². The summed E-state index contributed by atoms with van der Waals surface area (Å²) in [7, 11) is 3.17. The lowest BCUT2D eigenvalue weighted by molar-refractivity contribution is 0.0839. The first kappa shape index (κ1) is 18.8. The summed E-state index contributed by atoms with van der Waals surface area (Å²) < 4.78 is 6.51. The second-order valence-electron chi connectivity index (χ2n) is 5.53. The molecule has 1 aromatic carbocycles. The van der Waals surface area contributed by atoms with Gasteiger partial charge in [0.05, 0.1) is 17.8 Å². The number of nitrogens with zero attached hydrogens (tertiary/aromatic N) is 2. The van der Waals surface area contributed by atoms with Gasteiger partial charge in [0.25, 0.3) is 11.8 Å². The molecule has 3 rings (SSSR count). The molecule has 0 fully saturated rings. The summed E-state index contributed by atoms with van der Waals surface area (Å²) in [6.45, 7) is 0. The van der Waals surface area contributed by atoms with E-state index in [-0.39, 0.29) is 21.6 Å². The van der Waals surface area contributed by atoms with Crippen LogP contribution in [0.3, 0.4) is 0 Å². The van der Waals surface area contributed by atoms with Crippen molar-refractivity contribution >= 4 is 35.0 Å². The molecule has 2 aromatic heterocycles. The number of aromatic nitrogens is 3. The summed E-state index contributed by atoms with van der Waals surface area (Å²) >= 11 is 11.8. The summed E-state index contributed by atoms with van der Waals surface area (Å²) in [6, 6.07) is 10.2. The molecule has 0 saturated heterocycles. The summed E-state index contributed by atoms with van der Waals surface area (Å²) in [4.78, 5) is 24.4. The van der Waals surface area contributed by atoms with E-state index in [1.807, 2.05) is 12.1 Å². The monoisotopic (exact) mass is 407 g/mol. The number of hydrazine groups is 1. The zero-order chi connectivity index (χ0) is 19.6. The van der Waals surface area contributed by atoms with E-state index in [1.165, 1.54) is 10.6 Å².